The van der Waals surface area contributed by atoms with Crippen molar-refractivity contribution >= 4 is 0 Å². The van der Waals surface area contributed by atoms with Gasteiger partial charge in [0.1, 0.15) is 11.9 Å². The van der Waals surface area contributed by atoms with E-state index in [1.54, 1.807) is 12.3 Å². The van der Waals surface area contributed by atoms with E-state index in [4.69, 9.17) is 4.42 Å². The highest BCUT2D eigenvalue weighted by Gasteiger charge is 2.22. The molecule has 3 nitrogen and oxygen atoms in total. The molecule has 1 unspecified atom stereocenters. The fourth-order valence-electron chi connectivity index (χ4n) is 2.50. The molecule has 0 radical (unpaired) electrons. The highest BCUT2D eigenvalue weighted by molar-refractivity contribution is 5.02. The van der Waals surface area contributed by atoms with E-state index < -0.39 is 6.10 Å². The van der Waals surface area contributed by atoms with Crippen molar-refractivity contribution in [3.63, 3.8) is 0 Å². The van der Waals surface area contributed by atoms with Crippen molar-refractivity contribution in [1.29, 1.82) is 0 Å². The summed E-state index contributed by atoms with van der Waals surface area (Å²) in [6.45, 7) is 2.79. The molecule has 2 atom stereocenters. The average Bonchev–Trinajstić information content (AvgIpc) is 2.95. The molecule has 0 spiro atoms. The predicted molar refractivity (Wildman–Crippen MR) is 63.1 cm³/mol. The van der Waals surface area contributed by atoms with Gasteiger partial charge in [0.05, 0.1) is 6.26 Å². The Morgan fingerprint density at radius 1 is 1.50 bits per heavy atom. The zero-order valence-corrected chi connectivity index (χ0v) is 9.86. The summed E-state index contributed by atoms with van der Waals surface area (Å²) >= 11 is 0. The first-order valence-corrected chi connectivity index (χ1v) is 6.22. The third-order valence-corrected chi connectivity index (χ3v) is 3.61. The maximum atomic E-state index is 9.84. The zero-order valence-electron chi connectivity index (χ0n) is 9.86. The Bertz CT molecular complexity index is 291. The van der Waals surface area contributed by atoms with Crippen LogP contribution in [0.25, 0.3) is 0 Å². The Morgan fingerprint density at radius 2 is 2.25 bits per heavy atom. The Labute approximate surface area is 96.8 Å². The monoisotopic (exact) mass is 223 g/mol. The van der Waals surface area contributed by atoms with Crippen LogP contribution in [0.15, 0.2) is 22.8 Å². The minimum absolute atomic E-state index is 0.493. The topological polar surface area (TPSA) is 45.4 Å². The second-order valence-corrected chi connectivity index (χ2v) is 4.77. The third kappa shape index (κ3) is 2.86. The van der Waals surface area contributed by atoms with E-state index in [9.17, 15) is 5.11 Å². The third-order valence-electron chi connectivity index (χ3n) is 3.61. The molecule has 0 amide bonds. The van der Waals surface area contributed by atoms with Gasteiger partial charge >= 0.3 is 0 Å². The maximum absolute atomic E-state index is 9.84. The Balaban J connectivity index is 1.74. The lowest BCUT2D eigenvalue weighted by atomic mass is 10.00. The SMILES string of the molecule is C[C@H](NCC(O)c1ccco1)C1CCCC1. The Kier molecular flexibility index (Phi) is 4.02. The van der Waals surface area contributed by atoms with Gasteiger partial charge in [-0.1, -0.05) is 12.8 Å². The molecule has 1 aliphatic carbocycles. The largest absolute Gasteiger partial charge is 0.467 e. The lowest BCUT2D eigenvalue weighted by Gasteiger charge is -2.21. The summed E-state index contributed by atoms with van der Waals surface area (Å²) in [5.41, 5.74) is 0. The number of hydrogen-bond donors (Lipinski definition) is 2. The second kappa shape index (κ2) is 5.51. The molecule has 2 rings (SSSR count). The van der Waals surface area contributed by atoms with E-state index in [1.165, 1.54) is 25.7 Å². The first-order chi connectivity index (χ1) is 7.77. The Hall–Kier alpha value is -0.800. The molecule has 0 saturated heterocycles. The van der Waals surface area contributed by atoms with Crippen LogP contribution in [0.4, 0.5) is 0 Å². The van der Waals surface area contributed by atoms with Crippen LogP contribution in [-0.2, 0) is 0 Å². The van der Waals surface area contributed by atoms with E-state index in [2.05, 4.69) is 12.2 Å². The smallest absolute Gasteiger partial charge is 0.133 e. The van der Waals surface area contributed by atoms with E-state index in [-0.39, 0.29) is 0 Å². The standard InChI is InChI=1S/C13H21NO2/c1-10(11-5-2-3-6-11)14-9-12(15)13-7-4-8-16-13/h4,7-8,10-12,14-15H,2-3,5-6,9H2,1H3/t10-,12?/m0/s1. The molecule has 0 aliphatic heterocycles. The van der Waals surface area contributed by atoms with Gasteiger partial charge in [0.2, 0.25) is 0 Å². The molecule has 1 heterocycles. The molecule has 1 aliphatic rings. The molecular formula is C13H21NO2. The van der Waals surface area contributed by atoms with Crippen molar-refractivity contribution in [2.45, 2.75) is 44.8 Å². The first kappa shape index (κ1) is 11.7. The molecule has 1 fully saturated rings. The highest BCUT2D eigenvalue weighted by atomic mass is 16.4. The van der Waals surface area contributed by atoms with Gasteiger partial charge in [-0.05, 0) is 37.8 Å². The summed E-state index contributed by atoms with van der Waals surface area (Å²) in [5, 5.41) is 13.2. The van der Waals surface area contributed by atoms with E-state index in [0.29, 0.717) is 18.3 Å². The van der Waals surface area contributed by atoms with Crippen LogP contribution in [0, 0.1) is 5.92 Å². The van der Waals surface area contributed by atoms with Crippen molar-refractivity contribution in [3.8, 4) is 0 Å². The second-order valence-electron chi connectivity index (χ2n) is 4.77. The van der Waals surface area contributed by atoms with Crippen molar-refractivity contribution < 1.29 is 9.52 Å². The van der Waals surface area contributed by atoms with Crippen molar-refractivity contribution in [2.75, 3.05) is 6.54 Å². The fourth-order valence-corrected chi connectivity index (χ4v) is 2.50. The summed E-state index contributed by atoms with van der Waals surface area (Å²) in [7, 11) is 0. The van der Waals surface area contributed by atoms with E-state index in [1.807, 2.05) is 6.07 Å². The van der Waals surface area contributed by atoms with Crippen LogP contribution in [0.1, 0.15) is 44.5 Å². The molecular weight excluding hydrogens is 202 g/mol. The summed E-state index contributed by atoms with van der Waals surface area (Å²) < 4.78 is 5.16. The number of hydrogen-bond acceptors (Lipinski definition) is 3. The van der Waals surface area contributed by atoms with Crippen LogP contribution >= 0.6 is 0 Å². The number of aliphatic hydroxyl groups excluding tert-OH is 1. The van der Waals surface area contributed by atoms with Crippen LogP contribution in [0.3, 0.4) is 0 Å². The van der Waals surface area contributed by atoms with E-state index in [0.717, 1.165) is 5.92 Å². The van der Waals surface area contributed by atoms with Crippen LogP contribution in [-0.4, -0.2) is 17.7 Å². The number of aliphatic hydroxyl groups is 1. The predicted octanol–water partition coefficient (Wildman–Crippen LogP) is 2.48. The quantitative estimate of drug-likeness (QED) is 0.806. The summed E-state index contributed by atoms with van der Waals surface area (Å²) in [5.74, 6) is 1.43. The average molecular weight is 223 g/mol. The van der Waals surface area contributed by atoms with Gasteiger partial charge in [0.25, 0.3) is 0 Å². The molecule has 3 heteroatoms. The molecule has 2 N–H and O–H groups in total. The molecule has 1 aromatic heterocycles. The first-order valence-electron chi connectivity index (χ1n) is 6.22. The molecule has 1 aromatic rings. The van der Waals surface area contributed by atoms with Gasteiger partial charge in [-0.2, -0.15) is 0 Å². The lowest BCUT2D eigenvalue weighted by Crippen LogP contribution is -2.35. The lowest BCUT2D eigenvalue weighted by molar-refractivity contribution is 0.140. The molecule has 16 heavy (non-hydrogen) atoms. The van der Waals surface area contributed by atoms with Crippen molar-refractivity contribution in [3.05, 3.63) is 24.2 Å². The minimum Gasteiger partial charge on any atom is -0.467 e. The van der Waals surface area contributed by atoms with Crippen LogP contribution in [0.2, 0.25) is 0 Å². The van der Waals surface area contributed by atoms with Gasteiger partial charge in [-0.3, -0.25) is 0 Å². The van der Waals surface area contributed by atoms with Crippen molar-refractivity contribution in [1.82, 2.24) is 5.32 Å². The molecule has 1 saturated carbocycles. The zero-order chi connectivity index (χ0) is 11.4. The van der Waals surface area contributed by atoms with Crippen LogP contribution < -0.4 is 5.32 Å². The molecule has 90 valence electrons. The number of rotatable bonds is 5. The molecule has 0 bridgehead atoms. The number of nitrogens with one attached hydrogen (secondary N) is 1. The fraction of sp³-hybridized carbons (Fsp3) is 0.692. The summed E-state index contributed by atoms with van der Waals surface area (Å²) in [6, 6.07) is 4.11. The molecule has 0 aromatic carbocycles. The van der Waals surface area contributed by atoms with E-state index >= 15 is 0 Å². The highest BCUT2D eigenvalue weighted by Crippen LogP contribution is 2.27. The van der Waals surface area contributed by atoms with Gasteiger partial charge in [0, 0.05) is 12.6 Å². The van der Waals surface area contributed by atoms with Crippen LogP contribution in [0.5, 0.6) is 0 Å². The minimum atomic E-state index is -0.529. The Morgan fingerprint density at radius 3 is 2.88 bits per heavy atom. The normalized spacial score (nSPS) is 21.1. The summed E-state index contributed by atoms with van der Waals surface area (Å²) in [4.78, 5) is 0. The maximum Gasteiger partial charge on any atom is 0.133 e. The van der Waals surface area contributed by atoms with Gasteiger partial charge in [-0.25, -0.2) is 0 Å². The van der Waals surface area contributed by atoms with Crippen molar-refractivity contribution in [2.24, 2.45) is 5.92 Å². The van der Waals surface area contributed by atoms with Gasteiger partial charge < -0.3 is 14.8 Å². The number of furan rings is 1. The van der Waals surface area contributed by atoms with Gasteiger partial charge in [-0.15, -0.1) is 0 Å². The summed E-state index contributed by atoms with van der Waals surface area (Å²) in [6.07, 6.45) is 6.43. The van der Waals surface area contributed by atoms with Gasteiger partial charge in [0.15, 0.2) is 0 Å².